The van der Waals surface area contributed by atoms with Gasteiger partial charge in [0.25, 0.3) is 0 Å². The topological polar surface area (TPSA) is 12.4 Å². The van der Waals surface area contributed by atoms with Gasteiger partial charge in [-0.15, -0.1) is 0 Å². The molecule has 0 N–H and O–H groups in total. The second kappa shape index (κ2) is 4.57. The summed E-state index contributed by atoms with van der Waals surface area (Å²) in [4.78, 5) is 3.70. The van der Waals surface area contributed by atoms with Crippen molar-refractivity contribution in [2.45, 2.75) is 12.6 Å². The van der Waals surface area contributed by atoms with Crippen LogP contribution in [0.4, 0.5) is 18.9 Å². The van der Waals surface area contributed by atoms with Crippen molar-refractivity contribution >= 4 is 11.4 Å². The molecule has 0 radical (unpaired) electrons. The molecular weight excluding hydrogens is 227 g/mol. The number of aliphatic imine (C=N–C) groups is 1. The van der Waals surface area contributed by atoms with E-state index < -0.39 is 11.9 Å². The molecule has 0 fully saturated rings. The number of alkyl halides is 3. The lowest BCUT2D eigenvalue weighted by molar-refractivity contribution is -0.0582. The van der Waals surface area contributed by atoms with Crippen molar-refractivity contribution in [3.05, 3.63) is 54.1 Å². The van der Waals surface area contributed by atoms with Crippen LogP contribution in [0.15, 0.2) is 59.1 Å². The van der Waals surface area contributed by atoms with Crippen LogP contribution in [0.5, 0.6) is 0 Å². The summed E-state index contributed by atoms with van der Waals surface area (Å²) >= 11 is 0. The first-order valence-corrected chi connectivity index (χ1v) is 5.14. The van der Waals surface area contributed by atoms with Gasteiger partial charge in [0.05, 0.1) is 5.69 Å². The summed E-state index contributed by atoms with van der Waals surface area (Å²) in [6, 6.07) is 8.16. The molecule has 0 spiro atoms. The average molecular weight is 237 g/mol. The quantitative estimate of drug-likeness (QED) is 0.683. The summed E-state index contributed by atoms with van der Waals surface area (Å²) in [5.41, 5.74) is -0.289. The highest BCUT2D eigenvalue weighted by Crippen LogP contribution is 2.28. The molecule has 17 heavy (non-hydrogen) atoms. The van der Waals surface area contributed by atoms with Gasteiger partial charge in [0.15, 0.2) is 0 Å². The fourth-order valence-corrected chi connectivity index (χ4v) is 1.57. The maximum absolute atomic E-state index is 12.9. The molecule has 2 rings (SSSR count). The second-order valence-corrected chi connectivity index (χ2v) is 3.62. The molecule has 1 aromatic rings. The normalized spacial score (nSPS) is 16.2. The van der Waals surface area contributed by atoms with E-state index in [9.17, 15) is 13.2 Å². The van der Waals surface area contributed by atoms with Gasteiger partial charge in [-0.1, -0.05) is 36.4 Å². The van der Waals surface area contributed by atoms with E-state index in [1.807, 2.05) is 0 Å². The van der Waals surface area contributed by atoms with Crippen molar-refractivity contribution in [2.75, 3.05) is 0 Å². The third-order valence-electron chi connectivity index (χ3n) is 2.34. The van der Waals surface area contributed by atoms with E-state index in [1.165, 1.54) is 6.08 Å². The minimum absolute atomic E-state index is 0.210. The number of para-hydroxylation sites is 1. The highest BCUT2D eigenvalue weighted by molar-refractivity contribution is 6.06. The Morgan fingerprint density at radius 3 is 2.35 bits per heavy atom. The molecule has 1 aliphatic rings. The van der Waals surface area contributed by atoms with Crippen molar-refractivity contribution in [2.24, 2.45) is 4.99 Å². The van der Waals surface area contributed by atoms with Crippen LogP contribution in [-0.2, 0) is 0 Å². The lowest BCUT2D eigenvalue weighted by atomic mass is 10.1. The van der Waals surface area contributed by atoms with E-state index in [0.29, 0.717) is 5.69 Å². The van der Waals surface area contributed by atoms with Crippen LogP contribution in [0.1, 0.15) is 6.42 Å². The van der Waals surface area contributed by atoms with Crippen LogP contribution in [0.3, 0.4) is 0 Å². The Morgan fingerprint density at radius 1 is 1.12 bits per heavy atom. The van der Waals surface area contributed by atoms with Crippen LogP contribution in [-0.4, -0.2) is 11.9 Å². The van der Waals surface area contributed by atoms with E-state index in [1.54, 1.807) is 42.5 Å². The Bertz CT molecular complexity index is 481. The van der Waals surface area contributed by atoms with Crippen LogP contribution >= 0.6 is 0 Å². The summed E-state index contributed by atoms with van der Waals surface area (Å²) in [7, 11) is 0. The Hall–Kier alpha value is -1.84. The van der Waals surface area contributed by atoms with Gasteiger partial charge in [-0.2, -0.15) is 13.2 Å². The van der Waals surface area contributed by atoms with E-state index in [4.69, 9.17) is 0 Å². The van der Waals surface area contributed by atoms with Crippen LogP contribution in [0.25, 0.3) is 0 Å². The molecule has 0 aliphatic heterocycles. The predicted octanol–water partition coefficient (Wildman–Crippen LogP) is 4.21. The molecule has 0 saturated carbocycles. The van der Waals surface area contributed by atoms with Gasteiger partial charge < -0.3 is 0 Å². The summed E-state index contributed by atoms with van der Waals surface area (Å²) in [5.74, 6) is 0. The Kier molecular flexibility index (Phi) is 3.13. The predicted molar refractivity (Wildman–Crippen MR) is 61.4 cm³/mol. The number of nitrogens with zero attached hydrogens (tertiary/aromatic N) is 1. The molecule has 0 amide bonds. The molecule has 0 saturated heterocycles. The highest BCUT2D eigenvalue weighted by Gasteiger charge is 2.37. The van der Waals surface area contributed by atoms with Gasteiger partial charge in [-0.05, 0) is 24.1 Å². The molecule has 0 aromatic heterocycles. The number of hydrogen-bond donors (Lipinski definition) is 0. The maximum atomic E-state index is 12.9. The zero-order chi connectivity index (χ0) is 12.3. The Balaban J connectivity index is 2.38. The third-order valence-corrected chi connectivity index (χ3v) is 2.34. The van der Waals surface area contributed by atoms with Crippen LogP contribution in [0, 0.1) is 0 Å². The van der Waals surface area contributed by atoms with E-state index in [0.717, 1.165) is 0 Å². The Labute approximate surface area is 97.0 Å². The fourth-order valence-electron chi connectivity index (χ4n) is 1.57. The number of halogens is 3. The van der Waals surface area contributed by atoms with Gasteiger partial charge in [-0.25, -0.2) is 4.99 Å². The van der Waals surface area contributed by atoms with Crippen molar-refractivity contribution in [1.82, 2.24) is 0 Å². The molecule has 1 aliphatic carbocycles. The molecule has 1 aromatic carbocycles. The number of rotatable bonds is 2. The van der Waals surface area contributed by atoms with Gasteiger partial charge >= 0.3 is 6.18 Å². The van der Waals surface area contributed by atoms with E-state index >= 15 is 0 Å². The van der Waals surface area contributed by atoms with Gasteiger partial charge in [0.1, 0.15) is 5.71 Å². The smallest absolute Gasteiger partial charge is 0.244 e. The first-order valence-electron chi connectivity index (χ1n) is 5.14. The first kappa shape index (κ1) is 11.6. The fraction of sp³-hybridized carbons (Fsp3) is 0.154. The highest BCUT2D eigenvalue weighted by atomic mass is 19.4. The van der Waals surface area contributed by atoms with E-state index in [-0.39, 0.29) is 12.0 Å². The summed E-state index contributed by atoms with van der Waals surface area (Å²) < 4.78 is 38.6. The molecule has 0 heterocycles. The van der Waals surface area contributed by atoms with Gasteiger partial charge in [-0.3, -0.25) is 0 Å². The number of benzene rings is 1. The molecule has 0 unspecified atom stereocenters. The molecular formula is C13H10F3N. The first-order chi connectivity index (χ1) is 8.07. The van der Waals surface area contributed by atoms with Gasteiger partial charge in [0.2, 0.25) is 0 Å². The zero-order valence-corrected chi connectivity index (χ0v) is 8.91. The van der Waals surface area contributed by atoms with Crippen molar-refractivity contribution in [1.29, 1.82) is 0 Å². The SMILES string of the molecule is FC(F)(F)C(=Nc1ccccc1)C1=CC=CC1. The lowest BCUT2D eigenvalue weighted by Gasteiger charge is -2.11. The monoisotopic (exact) mass is 237 g/mol. The minimum atomic E-state index is -4.42. The summed E-state index contributed by atoms with van der Waals surface area (Å²) in [5, 5.41) is 0. The minimum Gasteiger partial charge on any atom is -0.244 e. The van der Waals surface area contributed by atoms with Crippen molar-refractivity contribution in [3.63, 3.8) is 0 Å². The van der Waals surface area contributed by atoms with Crippen molar-refractivity contribution in [3.8, 4) is 0 Å². The maximum Gasteiger partial charge on any atom is 0.433 e. The molecule has 88 valence electrons. The van der Waals surface area contributed by atoms with E-state index in [2.05, 4.69) is 4.99 Å². The molecule has 1 nitrogen and oxygen atoms in total. The molecule has 4 heteroatoms. The number of hydrogen-bond acceptors (Lipinski definition) is 1. The van der Waals surface area contributed by atoms with Crippen LogP contribution < -0.4 is 0 Å². The summed E-state index contributed by atoms with van der Waals surface area (Å²) in [6.07, 6.45) is 0.608. The second-order valence-electron chi connectivity index (χ2n) is 3.62. The number of allylic oxidation sites excluding steroid dienone is 4. The Morgan fingerprint density at radius 2 is 1.82 bits per heavy atom. The molecule has 0 bridgehead atoms. The average Bonchev–Trinajstić information content (AvgIpc) is 2.79. The van der Waals surface area contributed by atoms with Crippen LogP contribution in [0.2, 0.25) is 0 Å². The van der Waals surface area contributed by atoms with Crippen molar-refractivity contribution < 1.29 is 13.2 Å². The standard InChI is InChI=1S/C13H10F3N/c14-13(15,16)12(10-6-4-5-7-10)17-11-8-2-1-3-9-11/h1-6,8-9H,7H2. The summed E-state index contributed by atoms with van der Waals surface area (Å²) in [6.45, 7) is 0. The largest absolute Gasteiger partial charge is 0.433 e. The lowest BCUT2D eigenvalue weighted by Crippen LogP contribution is -2.24. The van der Waals surface area contributed by atoms with Gasteiger partial charge in [0, 0.05) is 0 Å². The zero-order valence-electron chi connectivity index (χ0n) is 8.91. The molecule has 0 atom stereocenters. The third kappa shape index (κ3) is 2.84.